The van der Waals surface area contributed by atoms with E-state index in [1.54, 1.807) is 0 Å². The van der Waals surface area contributed by atoms with Crippen LogP contribution in [-0.2, 0) is 6.54 Å². The highest BCUT2D eigenvalue weighted by Crippen LogP contribution is 2.12. The van der Waals surface area contributed by atoms with E-state index < -0.39 is 0 Å². The van der Waals surface area contributed by atoms with Crippen molar-refractivity contribution in [1.82, 2.24) is 10.3 Å². The highest BCUT2D eigenvalue weighted by atomic mass is 16.5. The highest BCUT2D eigenvalue weighted by Gasteiger charge is 2.00. The number of ether oxygens (including phenoxy) is 1. The average Bonchev–Trinajstić information content (AvgIpc) is 2.18. The van der Waals surface area contributed by atoms with Crippen LogP contribution in [-0.4, -0.2) is 18.6 Å². The van der Waals surface area contributed by atoms with E-state index in [4.69, 9.17) is 4.74 Å². The maximum absolute atomic E-state index is 5.50. The standard InChI is InChI=1S/C12H18N2O/c1-4-5-6-15-12-8-11(9-13-3)7-10(2)14-12/h4,7-8,13H,1,5-6,9H2,2-3H3. The third-order valence-corrected chi connectivity index (χ3v) is 1.94. The molecule has 3 heteroatoms. The lowest BCUT2D eigenvalue weighted by Gasteiger charge is -2.07. The molecular weight excluding hydrogens is 188 g/mol. The topological polar surface area (TPSA) is 34.1 Å². The van der Waals surface area contributed by atoms with Crippen LogP contribution in [0.3, 0.4) is 0 Å². The summed E-state index contributed by atoms with van der Waals surface area (Å²) in [6.45, 7) is 7.09. The smallest absolute Gasteiger partial charge is 0.213 e. The second-order valence-corrected chi connectivity index (χ2v) is 3.41. The van der Waals surface area contributed by atoms with Crippen LogP contribution in [0.15, 0.2) is 24.8 Å². The average molecular weight is 206 g/mol. The van der Waals surface area contributed by atoms with Crippen LogP contribution < -0.4 is 10.1 Å². The van der Waals surface area contributed by atoms with Crippen molar-refractivity contribution >= 4 is 0 Å². The molecule has 0 aromatic carbocycles. The van der Waals surface area contributed by atoms with Crippen molar-refractivity contribution in [2.45, 2.75) is 19.9 Å². The molecule has 82 valence electrons. The summed E-state index contributed by atoms with van der Waals surface area (Å²) >= 11 is 0. The van der Waals surface area contributed by atoms with Crippen LogP contribution in [0.1, 0.15) is 17.7 Å². The number of aryl methyl sites for hydroxylation is 1. The predicted molar refractivity (Wildman–Crippen MR) is 62.0 cm³/mol. The summed E-state index contributed by atoms with van der Waals surface area (Å²) in [5, 5.41) is 3.11. The Balaban J connectivity index is 2.65. The van der Waals surface area contributed by atoms with Crippen molar-refractivity contribution in [3.05, 3.63) is 36.0 Å². The fourth-order valence-electron chi connectivity index (χ4n) is 1.33. The molecule has 15 heavy (non-hydrogen) atoms. The van der Waals surface area contributed by atoms with Gasteiger partial charge in [0.2, 0.25) is 5.88 Å². The minimum Gasteiger partial charge on any atom is -0.477 e. The van der Waals surface area contributed by atoms with Crippen molar-refractivity contribution in [3.63, 3.8) is 0 Å². The Labute approximate surface area is 91.2 Å². The van der Waals surface area contributed by atoms with Gasteiger partial charge in [-0.1, -0.05) is 6.08 Å². The second kappa shape index (κ2) is 6.19. The summed E-state index contributed by atoms with van der Waals surface area (Å²) < 4.78 is 5.50. The zero-order valence-electron chi connectivity index (χ0n) is 9.42. The molecule has 0 aliphatic carbocycles. The molecule has 0 radical (unpaired) electrons. The zero-order chi connectivity index (χ0) is 11.1. The molecule has 3 nitrogen and oxygen atoms in total. The fourth-order valence-corrected chi connectivity index (χ4v) is 1.33. The summed E-state index contributed by atoms with van der Waals surface area (Å²) in [7, 11) is 1.92. The molecule has 0 amide bonds. The first-order valence-corrected chi connectivity index (χ1v) is 5.12. The summed E-state index contributed by atoms with van der Waals surface area (Å²) in [5.74, 6) is 0.696. The zero-order valence-corrected chi connectivity index (χ0v) is 9.42. The molecule has 0 saturated heterocycles. The van der Waals surface area contributed by atoms with E-state index >= 15 is 0 Å². The minimum absolute atomic E-state index is 0.638. The van der Waals surface area contributed by atoms with E-state index in [0.717, 1.165) is 18.7 Å². The molecule has 0 fully saturated rings. The first-order valence-electron chi connectivity index (χ1n) is 5.12. The van der Waals surface area contributed by atoms with E-state index in [1.807, 2.05) is 26.1 Å². The van der Waals surface area contributed by atoms with E-state index in [-0.39, 0.29) is 0 Å². The van der Waals surface area contributed by atoms with E-state index in [9.17, 15) is 0 Å². The maximum atomic E-state index is 5.50. The predicted octanol–water partition coefficient (Wildman–Crippen LogP) is 2.06. The van der Waals surface area contributed by atoms with Crippen molar-refractivity contribution in [2.75, 3.05) is 13.7 Å². The van der Waals surface area contributed by atoms with Gasteiger partial charge in [0.25, 0.3) is 0 Å². The molecule has 0 aliphatic rings. The lowest BCUT2D eigenvalue weighted by molar-refractivity contribution is 0.311. The molecule has 1 heterocycles. The van der Waals surface area contributed by atoms with Crippen LogP contribution in [0, 0.1) is 6.92 Å². The SMILES string of the molecule is C=CCCOc1cc(CNC)cc(C)n1. The first kappa shape index (κ1) is 11.7. The van der Waals surface area contributed by atoms with Gasteiger partial charge in [0.1, 0.15) is 0 Å². The molecule has 0 aliphatic heterocycles. The van der Waals surface area contributed by atoms with E-state index in [1.165, 1.54) is 5.56 Å². The molecule has 1 rings (SSSR count). The number of pyridine rings is 1. The quantitative estimate of drug-likeness (QED) is 0.571. The molecule has 0 unspecified atom stereocenters. The van der Waals surface area contributed by atoms with Crippen LogP contribution in [0.4, 0.5) is 0 Å². The third-order valence-electron chi connectivity index (χ3n) is 1.94. The lowest BCUT2D eigenvalue weighted by Crippen LogP contribution is -2.07. The molecule has 1 aromatic heterocycles. The number of hydrogen-bond acceptors (Lipinski definition) is 3. The Bertz CT molecular complexity index is 323. The van der Waals surface area contributed by atoms with Crippen molar-refractivity contribution in [1.29, 1.82) is 0 Å². The van der Waals surface area contributed by atoms with Crippen molar-refractivity contribution in [2.24, 2.45) is 0 Å². The number of aromatic nitrogens is 1. The van der Waals surface area contributed by atoms with Gasteiger partial charge in [-0.15, -0.1) is 6.58 Å². The van der Waals surface area contributed by atoms with Crippen LogP contribution in [0.25, 0.3) is 0 Å². The van der Waals surface area contributed by atoms with Gasteiger partial charge in [0, 0.05) is 18.3 Å². The largest absolute Gasteiger partial charge is 0.477 e. The van der Waals surface area contributed by atoms with Gasteiger partial charge in [0.15, 0.2) is 0 Å². The van der Waals surface area contributed by atoms with Crippen LogP contribution >= 0.6 is 0 Å². The van der Waals surface area contributed by atoms with E-state index in [0.29, 0.717) is 12.5 Å². The molecule has 0 bridgehead atoms. The Morgan fingerprint density at radius 1 is 1.53 bits per heavy atom. The van der Waals surface area contributed by atoms with Gasteiger partial charge in [-0.2, -0.15) is 0 Å². The fraction of sp³-hybridized carbons (Fsp3) is 0.417. The van der Waals surface area contributed by atoms with Gasteiger partial charge >= 0.3 is 0 Å². The van der Waals surface area contributed by atoms with E-state index in [2.05, 4.69) is 22.9 Å². The number of hydrogen-bond donors (Lipinski definition) is 1. The summed E-state index contributed by atoms with van der Waals surface area (Å²) in [5.41, 5.74) is 2.18. The Morgan fingerprint density at radius 3 is 3.00 bits per heavy atom. The first-order chi connectivity index (χ1) is 7.26. The Morgan fingerprint density at radius 2 is 2.33 bits per heavy atom. The molecule has 0 saturated carbocycles. The third kappa shape index (κ3) is 4.13. The highest BCUT2D eigenvalue weighted by molar-refractivity contribution is 5.24. The Kier molecular flexibility index (Phi) is 4.84. The van der Waals surface area contributed by atoms with Gasteiger partial charge < -0.3 is 10.1 Å². The number of nitrogens with one attached hydrogen (secondary N) is 1. The maximum Gasteiger partial charge on any atom is 0.213 e. The van der Waals surface area contributed by atoms with Gasteiger partial charge in [-0.3, -0.25) is 0 Å². The molecule has 1 aromatic rings. The summed E-state index contributed by atoms with van der Waals surface area (Å²) in [6, 6.07) is 4.02. The summed E-state index contributed by atoms with van der Waals surface area (Å²) in [6.07, 6.45) is 2.68. The molecule has 0 atom stereocenters. The second-order valence-electron chi connectivity index (χ2n) is 3.41. The lowest BCUT2D eigenvalue weighted by atomic mass is 10.2. The summed E-state index contributed by atoms with van der Waals surface area (Å²) in [4.78, 5) is 4.30. The number of rotatable bonds is 6. The Hall–Kier alpha value is -1.35. The monoisotopic (exact) mass is 206 g/mol. The van der Waals surface area contributed by atoms with Crippen molar-refractivity contribution in [3.8, 4) is 5.88 Å². The van der Waals surface area contributed by atoms with Crippen LogP contribution in [0.5, 0.6) is 5.88 Å². The normalized spacial score (nSPS) is 10.0. The number of nitrogens with zero attached hydrogens (tertiary/aromatic N) is 1. The van der Waals surface area contributed by atoms with Gasteiger partial charge in [-0.25, -0.2) is 4.98 Å². The van der Waals surface area contributed by atoms with Gasteiger partial charge in [-0.05, 0) is 32.0 Å². The molecular formula is C12H18N2O. The molecule has 0 spiro atoms. The minimum atomic E-state index is 0.638. The van der Waals surface area contributed by atoms with Crippen molar-refractivity contribution < 1.29 is 4.74 Å². The van der Waals surface area contributed by atoms with Crippen LogP contribution in [0.2, 0.25) is 0 Å². The van der Waals surface area contributed by atoms with Gasteiger partial charge in [0.05, 0.1) is 6.61 Å². The molecule has 1 N–H and O–H groups in total.